The second-order valence-electron chi connectivity index (χ2n) is 5.88. The Kier molecular flexibility index (Phi) is 4.30. The van der Waals surface area contributed by atoms with Crippen molar-refractivity contribution >= 4 is 5.91 Å². The van der Waals surface area contributed by atoms with Crippen LogP contribution in [0.3, 0.4) is 0 Å². The number of hydrogen-bond donors (Lipinski definition) is 0. The Morgan fingerprint density at radius 3 is 2.56 bits per heavy atom. The molecule has 0 saturated carbocycles. The van der Waals surface area contributed by atoms with Gasteiger partial charge in [0, 0.05) is 26.2 Å². The number of carbonyl (C=O) groups is 1. The number of nitrogens with zero attached hydrogens (tertiary/aromatic N) is 6. The minimum absolute atomic E-state index is 0.0627. The number of hydrogen-bond acceptors (Lipinski definition) is 7. The third-order valence-electron chi connectivity index (χ3n) is 4.25. The zero-order valence-corrected chi connectivity index (χ0v) is 13.6. The molecule has 25 heavy (non-hydrogen) atoms. The van der Waals surface area contributed by atoms with Crippen LogP contribution in [0, 0.1) is 0 Å². The normalized spacial score (nSPS) is 15.6. The lowest BCUT2D eigenvalue weighted by atomic mass is 10.3. The van der Waals surface area contributed by atoms with Gasteiger partial charge in [-0.15, -0.1) is 5.10 Å². The van der Waals surface area contributed by atoms with Gasteiger partial charge in [-0.2, -0.15) is 0 Å². The van der Waals surface area contributed by atoms with Crippen LogP contribution in [0.1, 0.15) is 22.1 Å². The monoisotopic (exact) mass is 342 g/mol. The second kappa shape index (κ2) is 6.89. The lowest BCUT2D eigenvalue weighted by Crippen LogP contribution is -2.48. The van der Waals surface area contributed by atoms with Crippen LogP contribution in [0.5, 0.6) is 0 Å². The van der Waals surface area contributed by atoms with E-state index < -0.39 is 0 Å². The van der Waals surface area contributed by atoms with E-state index in [2.05, 4.69) is 20.4 Å². The maximum atomic E-state index is 12.3. The Balaban J connectivity index is 1.33. The lowest BCUT2D eigenvalue weighted by Gasteiger charge is -2.33. The molecule has 130 valence electrons. The van der Waals surface area contributed by atoms with Gasteiger partial charge in [-0.25, -0.2) is 4.68 Å². The second-order valence-corrected chi connectivity index (χ2v) is 5.88. The van der Waals surface area contributed by atoms with Crippen molar-refractivity contribution in [3.05, 3.63) is 54.1 Å². The maximum Gasteiger partial charge on any atom is 0.289 e. The Morgan fingerprint density at radius 2 is 1.84 bits per heavy atom. The minimum atomic E-state index is -0.0627. The topological polar surface area (TPSA) is 93.4 Å². The summed E-state index contributed by atoms with van der Waals surface area (Å²) in [5, 5.41) is 11.9. The van der Waals surface area contributed by atoms with Crippen molar-refractivity contribution in [3.63, 3.8) is 0 Å². The molecule has 0 bridgehead atoms. The number of tetrazole rings is 1. The van der Waals surface area contributed by atoms with Crippen molar-refractivity contribution in [3.8, 4) is 0 Å². The zero-order chi connectivity index (χ0) is 17.1. The van der Waals surface area contributed by atoms with Gasteiger partial charge in [-0.05, 0) is 34.7 Å². The summed E-state index contributed by atoms with van der Waals surface area (Å²) in [4.78, 5) is 16.3. The van der Waals surface area contributed by atoms with Crippen LogP contribution in [0.15, 0.2) is 45.6 Å². The van der Waals surface area contributed by atoms with Crippen LogP contribution in [0.4, 0.5) is 0 Å². The zero-order valence-electron chi connectivity index (χ0n) is 13.6. The van der Waals surface area contributed by atoms with Gasteiger partial charge in [-0.3, -0.25) is 9.69 Å². The fraction of sp³-hybridized carbons (Fsp3) is 0.375. The van der Waals surface area contributed by atoms with Gasteiger partial charge in [0.2, 0.25) is 0 Å². The fourth-order valence-electron chi connectivity index (χ4n) is 2.87. The SMILES string of the molecule is O=C(c1ccco1)N1CCN(Cc2nnnn2Cc2ccco2)CC1. The molecule has 3 aromatic heterocycles. The molecule has 4 heterocycles. The van der Waals surface area contributed by atoms with E-state index in [1.54, 1.807) is 28.0 Å². The summed E-state index contributed by atoms with van der Waals surface area (Å²) in [6.07, 6.45) is 3.15. The first-order valence-corrected chi connectivity index (χ1v) is 8.12. The highest BCUT2D eigenvalue weighted by Gasteiger charge is 2.24. The van der Waals surface area contributed by atoms with E-state index in [0.29, 0.717) is 31.9 Å². The number of aromatic nitrogens is 4. The number of carbonyl (C=O) groups excluding carboxylic acids is 1. The van der Waals surface area contributed by atoms with Crippen LogP contribution in [-0.4, -0.2) is 62.1 Å². The van der Waals surface area contributed by atoms with Gasteiger partial charge >= 0.3 is 0 Å². The molecule has 1 fully saturated rings. The predicted octanol–water partition coefficient (Wildman–Crippen LogP) is 0.865. The molecule has 0 N–H and O–H groups in total. The Morgan fingerprint density at radius 1 is 1.04 bits per heavy atom. The molecule has 0 aliphatic carbocycles. The molecule has 4 rings (SSSR count). The molecular formula is C16H18N6O3. The van der Waals surface area contributed by atoms with Crippen LogP contribution < -0.4 is 0 Å². The predicted molar refractivity (Wildman–Crippen MR) is 85.5 cm³/mol. The van der Waals surface area contributed by atoms with Crippen molar-refractivity contribution in [1.82, 2.24) is 30.0 Å². The summed E-state index contributed by atoms with van der Waals surface area (Å²) < 4.78 is 12.3. The van der Waals surface area contributed by atoms with E-state index in [1.165, 1.54) is 6.26 Å². The van der Waals surface area contributed by atoms with Crippen LogP contribution in [0.2, 0.25) is 0 Å². The van der Waals surface area contributed by atoms with Gasteiger partial charge in [0.05, 0.1) is 19.1 Å². The number of piperazine rings is 1. The van der Waals surface area contributed by atoms with E-state index in [-0.39, 0.29) is 5.91 Å². The van der Waals surface area contributed by atoms with Gasteiger partial charge in [0.1, 0.15) is 12.3 Å². The Bertz CT molecular complexity index is 803. The summed E-state index contributed by atoms with van der Waals surface area (Å²) in [5.41, 5.74) is 0. The molecule has 9 heteroatoms. The van der Waals surface area contributed by atoms with Gasteiger partial charge in [0.25, 0.3) is 5.91 Å². The fourth-order valence-corrected chi connectivity index (χ4v) is 2.87. The Hall–Kier alpha value is -2.94. The van der Waals surface area contributed by atoms with Crippen molar-refractivity contribution in [2.24, 2.45) is 0 Å². The highest BCUT2D eigenvalue weighted by molar-refractivity contribution is 5.91. The standard InChI is InChI=1S/C16H18N6O3/c23-16(14-4-2-10-25-14)21-7-5-20(6-8-21)12-15-17-18-19-22(15)11-13-3-1-9-24-13/h1-4,9-10H,5-8,11-12H2. The first kappa shape index (κ1) is 15.6. The average molecular weight is 342 g/mol. The Labute approximate surface area is 143 Å². The third-order valence-corrected chi connectivity index (χ3v) is 4.25. The minimum Gasteiger partial charge on any atom is -0.467 e. The highest BCUT2D eigenvalue weighted by Crippen LogP contribution is 2.12. The molecule has 1 amide bonds. The third kappa shape index (κ3) is 3.45. The summed E-state index contributed by atoms with van der Waals surface area (Å²) in [6.45, 7) is 3.97. The van der Waals surface area contributed by atoms with E-state index in [0.717, 1.165) is 24.7 Å². The first-order valence-electron chi connectivity index (χ1n) is 8.12. The molecule has 0 atom stereocenters. The number of rotatable bonds is 5. The largest absolute Gasteiger partial charge is 0.467 e. The molecular weight excluding hydrogens is 324 g/mol. The van der Waals surface area contributed by atoms with Gasteiger partial charge < -0.3 is 13.7 Å². The molecule has 1 saturated heterocycles. The van der Waals surface area contributed by atoms with Crippen molar-refractivity contribution < 1.29 is 13.6 Å². The highest BCUT2D eigenvalue weighted by atomic mass is 16.3. The first-order chi connectivity index (χ1) is 12.3. The molecule has 1 aliphatic heterocycles. The van der Waals surface area contributed by atoms with E-state index in [1.807, 2.05) is 12.1 Å². The molecule has 3 aromatic rings. The van der Waals surface area contributed by atoms with E-state index >= 15 is 0 Å². The molecule has 1 aliphatic rings. The summed E-state index contributed by atoms with van der Waals surface area (Å²) in [6, 6.07) is 7.15. The van der Waals surface area contributed by atoms with Crippen molar-refractivity contribution in [2.75, 3.05) is 26.2 Å². The van der Waals surface area contributed by atoms with E-state index in [4.69, 9.17) is 8.83 Å². The van der Waals surface area contributed by atoms with E-state index in [9.17, 15) is 4.79 Å². The molecule has 0 unspecified atom stereocenters. The van der Waals surface area contributed by atoms with Crippen molar-refractivity contribution in [1.29, 1.82) is 0 Å². The quantitative estimate of drug-likeness (QED) is 0.679. The summed E-state index contributed by atoms with van der Waals surface area (Å²) in [7, 11) is 0. The smallest absolute Gasteiger partial charge is 0.289 e. The average Bonchev–Trinajstić information content (AvgIpc) is 3.39. The van der Waals surface area contributed by atoms with Crippen LogP contribution in [0.25, 0.3) is 0 Å². The summed E-state index contributed by atoms with van der Waals surface area (Å²) in [5.74, 6) is 1.91. The number of furan rings is 2. The van der Waals surface area contributed by atoms with Crippen LogP contribution in [-0.2, 0) is 13.1 Å². The lowest BCUT2D eigenvalue weighted by molar-refractivity contribution is 0.0593. The summed E-state index contributed by atoms with van der Waals surface area (Å²) >= 11 is 0. The maximum absolute atomic E-state index is 12.3. The van der Waals surface area contributed by atoms with Crippen molar-refractivity contribution in [2.45, 2.75) is 13.1 Å². The molecule has 0 spiro atoms. The van der Waals surface area contributed by atoms with Gasteiger partial charge in [-0.1, -0.05) is 0 Å². The molecule has 9 nitrogen and oxygen atoms in total. The molecule has 0 radical (unpaired) electrons. The van der Waals surface area contributed by atoms with Gasteiger partial charge in [0.15, 0.2) is 11.6 Å². The number of amides is 1. The van der Waals surface area contributed by atoms with Crippen LogP contribution >= 0.6 is 0 Å². The molecule has 0 aromatic carbocycles.